The van der Waals surface area contributed by atoms with E-state index in [0.29, 0.717) is 22.3 Å². The summed E-state index contributed by atoms with van der Waals surface area (Å²) in [5, 5.41) is 34.4. The highest BCUT2D eigenvalue weighted by Gasteiger charge is 2.19. The molecular formula is C18H12N6O2. The second-order valence-corrected chi connectivity index (χ2v) is 5.34. The number of fused-ring (bicyclic) bond motifs is 1. The minimum absolute atomic E-state index is 0.0536. The molecule has 0 aliphatic rings. The molecule has 0 bridgehead atoms. The largest absolute Gasteiger partial charge is 0.476 e. The fourth-order valence-electron chi connectivity index (χ4n) is 2.59. The Balaban J connectivity index is 2.12. The van der Waals surface area contributed by atoms with E-state index < -0.39 is 5.97 Å². The highest BCUT2D eigenvalue weighted by molar-refractivity contribution is 6.07. The summed E-state index contributed by atoms with van der Waals surface area (Å²) in [6, 6.07) is 12.4. The molecule has 0 amide bonds. The molecule has 2 aromatic heterocycles. The number of allylic oxidation sites excluding steroid dienone is 1. The molecule has 126 valence electrons. The molecule has 2 heterocycles. The maximum absolute atomic E-state index is 11.5. The van der Waals surface area contributed by atoms with E-state index >= 15 is 0 Å². The summed E-state index contributed by atoms with van der Waals surface area (Å²) in [6.07, 6.45) is 2.91. The zero-order valence-electron chi connectivity index (χ0n) is 13.6. The van der Waals surface area contributed by atoms with Gasteiger partial charge in [-0.2, -0.15) is 15.6 Å². The molecule has 0 aliphatic carbocycles. The zero-order valence-corrected chi connectivity index (χ0v) is 13.6. The third kappa shape index (κ3) is 2.95. The van der Waals surface area contributed by atoms with Gasteiger partial charge in [-0.15, -0.1) is 0 Å². The lowest BCUT2D eigenvalue weighted by Gasteiger charge is -2.07. The van der Waals surface area contributed by atoms with Crippen molar-refractivity contribution in [2.75, 3.05) is 5.32 Å². The number of anilines is 1. The molecule has 0 atom stereocenters. The zero-order chi connectivity index (χ0) is 18.7. The van der Waals surface area contributed by atoms with E-state index in [1.807, 2.05) is 6.07 Å². The van der Waals surface area contributed by atoms with Gasteiger partial charge in [0, 0.05) is 25.1 Å². The Labute approximate surface area is 148 Å². The molecule has 2 N–H and O–H groups in total. The van der Waals surface area contributed by atoms with Crippen LogP contribution in [0, 0.1) is 22.7 Å². The van der Waals surface area contributed by atoms with E-state index in [4.69, 9.17) is 10.5 Å². The third-order valence-corrected chi connectivity index (χ3v) is 3.72. The lowest BCUT2D eigenvalue weighted by Crippen LogP contribution is -1.99. The van der Waals surface area contributed by atoms with Crippen LogP contribution in [0.15, 0.2) is 48.3 Å². The second-order valence-electron chi connectivity index (χ2n) is 5.34. The highest BCUT2D eigenvalue weighted by atomic mass is 16.4. The lowest BCUT2D eigenvalue weighted by molar-refractivity contribution is 0.0691. The number of nitrogens with zero attached hydrogens (tertiary/aromatic N) is 5. The first-order valence-electron chi connectivity index (χ1n) is 7.47. The number of aryl methyl sites for hydroxylation is 1. The van der Waals surface area contributed by atoms with Gasteiger partial charge in [-0.05, 0) is 29.3 Å². The van der Waals surface area contributed by atoms with Gasteiger partial charge in [-0.1, -0.05) is 12.1 Å². The first-order chi connectivity index (χ1) is 12.5. The number of aromatic nitrogens is 3. The standard InChI is InChI=1S/C18H12N6O2/c1-24-17-15(16(23-24)18(25)26)14(5-6-21-17)12-3-2-4-13(7-12)22-10-11(8-19)9-20/h2-7,10,22H,1H3,(H,25,26). The Morgan fingerprint density at radius 3 is 2.77 bits per heavy atom. The van der Waals surface area contributed by atoms with Crippen LogP contribution in [0.2, 0.25) is 0 Å². The number of benzene rings is 1. The predicted molar refractivity (Wildman–Crippen MR) is 93.8 cm³/mol. The lowest BCUT2D eigenvalue weighted by atomic mass is 10.0. The fourth-order valence-corrected chi connectivity index (χ4v) is 2.59. The molecule has 0 spiro atoms. The van der Waals surface area contributed by atoms with Crippen LogP contribution in [0.4, 0.5) is 5.69 Å². The van der Waals surface area contributed by atoms with Gasteiger partial charge in [0.2, 0.25) is 0 Å². The van der Waals surface area contributed by atoms with Crippen LogP contribution in [0.5, 0.6) is 0 Å². The summed E-state index contributed by atoms with van der Waals surface area (Å²) >= 11 is 0. The molecule has 0 unspecified atom stereocenters. The van der Waals surface area contributed by atoms with Gasteiger partial charge < -0.3 is 10.4 Å². The Morgan fingerprint density at radius 1 is 1.31 bits per heavy atom. The van der Waals surface area contributed by atoms with Crippen molar-refractivity contribution in [3.05, 3.63) is 54.0 Å². The van der Waals surface area contributed by atoms with E-state index in [-0.39, 0.29) is 11.3 Å². The van der Waals surface area contributed by atoms with Crippen molar-refractivity contribution in [1.82, 2.24) is 14.8 Å². The molecule has 8 nitrogen and oxygen atoms in total. The maximum Gasteiger partial charge on any atom is 0.357 e. The average Bonchev–Trinajstić information content (AvgIpc) is 3.00. The predicted octanol–water partition coefficient (Wildman–Crippen LogP) is 2.68. The number of rotatable bonds is 4. The molecule has 0 radical (unpaired) electrons. The van der Waals surface area contributed by atoms with Crippen LogP contribution in [0.1, 0.15) is 10.5 Å². The van der Waals surface area contributed by atoms with Gasteiger partial charge in [-0.3, -0.25) is 0 Å². The summed E-state index contributed by atoms with van der Waals surface area (Å²) in [5.41, 5.74) is 2.42. The van der Waals surface area contributed by atoms with Gasteiger partial charge in [-0.25, -0.2) is 14.5 Å². The molecule has 3 aromatic rings. The quantitative estimate of drug-likeness (QED) is 0.696. The van der Waals surface area contributed by atoms with Crippen molar-refractivity contribution in [2.24, 2.45) is 7.05 Å². The van der Waals surface area contributed by atoms with Gasteiger partial charge >= 0.3 is 5.97 Å². The summed E-state index contributed by atoms with van der Waals surface area (Å²) in [6.45, 7) is 0. The second kappa shape index (κ2) is 6.75. The van der Waals surface area contributed by atoms with Crippen LogP contribution in [-0.2, 0) is 7.05 Å². The minimum atomic E-state index is -1.13. The number of hydrogen-bond donors (Lipinski definition) is 2. The molecule has 0 fully saturated rings. The molecule has 3 rings (SSSR count). The van der Waals surface area contributed by atoms with Crippen molar-refractivity contribution in [2.45, 2.75) is 0 Å². The normalized spacial score (nSPS) is 9.96. The summed E-state index contributed by atoms with van der Waals surface area (Å²) < 4.78 is 1.43. The minimum Gasteiger partial charge on any atom is -0.476 e. The van der Waals surface area contributed by atoms with E-state index in [1.165, 1.54) is 10.9 Å². The fraction of sp³-hybridized carbons (Fsp3) is 0.0556. The Hall–Kier alpha value is -4.17. The van der Waals surface area contributed by atoms with Crippen LogP contribution < -0.4 is 5.32 Å². The maximum atomic E-state index is 11.5. The van der Waals surface area contributed by atoms with Crippen molar-refractivity contribution in [3.8, 4) is 23.3 Å². The number of carboxylic acids is 1. The third-order valence-electron chi connectivity index (χ3n) is 3.72. The van der Waals surface area contributed by atoms with Gasteiger partial charge in [0.1, 0.15) is 17.7 Å². The van der Waals surface area contributed by atoms with Gasteiger partial charge in [0.05, 0.1) is 5.39 Å². The number of nitriles is 2. The average molecular weight is 344 g/mol. The Bertz CT molecular complexity index is 1110. The Kier molecular flexibility index (Phi) is 4.33. The number of carbonyl (C=O) groups is 1. The first kappa shape index (κ1) is 16.7. The van der Waals surface area contributed by atoms with Crippen molar-refractivity contribution in [1.29, 1.82) is 10.5 Å². The number of carboxylic acid groups (broad SMARTS) is 1. The van der Waals surface area contributed by atoms with E-state index in [0.717, 1.165) is 5.56 Å². The van der Waals surface area contributed by atoms with Crippen LogP contribution in [0.25, 0.3) is 22.2 Å². The summed E-state index contributed by atoms with van der Waals surface area (Å²) in [4.78, 5) is 15.8. The van der Waals surface area contributed by atoms with E-state index in [9.17, 15) is 9.90 Å². The smallest absolute Gasteiger partial charge is 0.357 e. The Morgan fingerprint density at radius 2 is 2.08 bits per heavy atom. The topological polar surface area (TPSA) is 128 Å². The first-order valence-corrected chi connectivity index (χ1v) is 7.47. The number of aromatic carboxylic acids is 1. The monoisotopic (exact) mass is 344 g/mol. The van der Waals surface area contributed by atoms with Crippen LogP contribution in [0.3, 0.4) is 0 Å². The molecule has 0 aliphatic heterocycles. The summed E-state index contributed by atoms with van der Waals surface area (Å²) in [7, 11) is 1.64. The number of nitrogens with one attached hydrogen (secondary N) is 1. The molecule has 0 saturated carbocycles. The molecule has 1 aromatic carbocycles. The van der Waals surface area contributed by atoms with Crippen LogP contribution >= 0.6 is 0 Å². The number of hydrogen-bond acceptors (Lipinski definition) is 6. The van der Waals surface area contributed by atoms with E-state index in [2.05, 4.69) is 15.4 Å². The van der Waals surface area contributed by atoms with Crippen molar-refractivity contribution < 1.29 is 9.90 Å². The van der Waals surface area contributed by atoms with Crippen molar-refractivity contribution >= 4 is 22.7 Å². The van der Waals surface area contributed by atoms with Gasteiger partial charge in [0.15, 0.2) is 11.3 Å². The van der Waals surface area contributed by atoms with Gasteiger partial charge in [0.25, 0.3) is 0 Å². The molecule has 26 heavy (non-hydrogen) atoms. The number of pyridine rings is 1. The molecular weight excluding hydrogens is 332 g/mol. The highest BCUT2D eigenvalue weighted by Crippen LogP contribution is 2.31. The molecule has 8 heteroatoms. The molecule has 0 saturated heterocycles. The van der Waals surface area contributed by atoms with Crippen molar-refractivity contribution in [3.63, 3.8) is 0 Å². The van der Waals surface area contributed by atoms with E-state index in [1.54, 1.807) is 49.6 Å². The SMILES string of the molecule is Cn1nc(C(=O)O)c2c(-c3cccc(NC=C(C#N)C#N)c3)ccnc21. The van der Waals surface area contributed by atoms with Crippen LogP contribution in [-0.4, -0.2) is 25.8 Å². The summed E-state index contributed by atoms with van der Waals surface area (Å²) in [5.74, 6) is -1.13.